The Morgan fingerprint density at radius 3 is 2.58 bits per heavy atom. The third kappa shape index (κ3) is 8.01. The highest BCUT2D eigenvalue weighted by molar-refractivity contribution is 5.85. The molecule has 0 saturated carbocycles. The van der Waals surface area contributed by atoms with Gasteiger partial charge in [-0.15, -0.1) is 10.2 Å². The first-order valence-electron chi connectivity index (χ1n) is 11.8. The molecule has 2 amide bonds. The zero-order valence-corrected chi connectivity index (χ0v) is 20.6. The number of rotatable bonds is 13. The summed E-state index contributed by atoms with van der Waals surface area (Å²) in [5.41, 5.74) is 7.18. The van der Waals surface area contributed by atoms with Crippen LogP contribution in [0, 0.1) is 0 Å². The van der Waals surface area contributed by atoms with E-state index in [1.54, 1.807) is 36.6 Å². The summed E-state index contributed by atoms with van der Waals surface area (Å²) in [5.74, 6) is 0.107. The van der Waals surface area contributed by atoms with Crippen molar-refractivity contribution in [2.75, 3.05) is 19.8 Å². The number of alkyl carbamates (subject to hydrolysis) is 1. The summed E-state index contributed by atoms with van der Waals surface area (Å²) in [6, 6.07) is 12.6. The van der Waals surface area contributed by atoms with E-state index < -0.39 is 17.7 Å². The Balaban J connectivity index is 1.72. The number of fused-ring (bicyclic) bond motifs is 1. The van der Waals surface area contributed by atoms with Crippen molar-refractivity contribution in [2.24, 2.45) is 5.73 Å². The lowest BCUT2D eigenvalue weighted by Gasteiger charge is -2.23. The van der Waals surface area contributed by atoms with Gasteiger partial charge in [0.25, 0.3) is 0 Å². The Bertz CT molecular complexity index is 1130. The van der Waals surface area contributed by atoms with Gasteiger partial charge >= 0.3 is 6.09 Å². The Hall–Kier alpha value is -3.54. The molecule has 3 rings (SSSR count). The molecule has 194 valence electrons. The number of aliphatic hydroxyl groups is 1. The predicted molar refractivity (Wildman–Crippen MR) is 133 cm³/mol. The SMILES string of the molecule is CC(C)(N)C(=O)N[C@H](COCc1ccccc1)c1nnc2ccc(COC(=O)NCCCCO)cn12. The average molecular weight is 499 g/mol. The number of nitrogens with zero attached hydrogens (tertiary/aromatic N) is 3. The smallest absolute Gasteiger partial charge is 0.407 e. The van der Waals surface area contributed by atoms with E-state index in [4.69, 9.17) is 20.3 Å². The maximum atomic E-state index is 12.7. The van der Waals surface area contributed by atoms with Gasteiger partial charge in [0.1, 0.15) is 12.6 Å². The summed E-state index contributed by atoms with van der Waals surface area (Å²) >= 11 is 0. The Morgan fingerprint density at radius 1 is 1.08 bits per heavy atom. The number of carbonyl (C=O) groups excluding carboxylic acids is 2. The van der Waals surface area contributed by atoms with E-state index in [-0.39, 0.29) is 25.7 Å². The van der Waals surface area contributed by atoms with Gasteiger partial charge in [0.15, 0.2) is 11.5 Å². The molecule has 0 radical (unpaired) electrons. The number of unbranched alkanes of at least 4 members (excludes halogenated alkanes) is 1. The molecule has 36 heavy (non-hydrogen) atoms. The first-order valence-corrected chi connectivity index (χ1v) is 11.8. The van der Waals surface area contributed by atoms with Gasteiger partial charge < -0.3 is 30.9 Å². The second-order valence-electron chi connectivity index (χ2n) is 9.01. The van der Waals surface area contributed by atoms with Crippen LogP contribution in [-0.2, 0) is 27.5 Å². The summed E-state index contributed by atoms with van der Waals surface area (Å²) in [5, 5.41) is 22.9. The second-order valence-corrected chi connectivity index (χ2v) is 9.01. The van der Waals surface area contributed by atoms with Gasteiger partial charge in [-0.05, 0) is 38.3 Å². The zero-order valence-electron chi connectivity index (χ0n) is 20.6. The number of nitrogens with one attached hydrogen (secondary N) is 2. The number of ether oxygens (including phenoxy) is 2. The van der Waals surface area contributed by atoms with Gasteiger partial charge in [0.05, 0.1) is 18.8 Å². The van der Waals surface area contributed by atoms with Gasteiger partial charge in [-0.3, -0.25) is 9.20 Å². The molecule has 0 unspecified atom stereocenters. The highest BCUT2D eigenvalue weighted by atomic mass is 16.5. The standard InChI is InChI=1S/C25H34N6O5/c1-25(2,26)23(33)28-20(17-35-15-18-8-4-3-5-9-18)22-30-29-21-11-10-19(14-31(21)22)16-36-24(34)27-12-6-7-13-32/h3-5,8-11,14,20,32H,6-7,12-13,15-17,26H2,1-2H3,(H,27,34)(H,28,33)/t20-/m1/s1. The lowest BCUT2D eigenvalue weighted by Crippen LogP contribution is -2.50. The van der Waals surface area contributed by atoms with Crippen LogP contribution in [0.5, 0.6) is 0 Å². The maximum Gasteiger partial charge on any atom is 0.407 e. The van der Waals surface area contributed by atoms with Crippen LogP contribution in [0.1, 0.15) is 49.7 Å². The number of aromatic nitrogens is 3. The lowest BCUT2D eigenvalue weighted by atomic mass is 10.1. The molecule has 2 aromatic heterocycles. The third-order valence-electron chi connectivity index (χ3n) is 5.31. The number of hydrogen-bond acceptors (Lipinski definition) is 8. The number of carbonyl (C=O) groups is 2. The first-order chi connectivity index (χ1) is 17.3. The molecule has 2 heterocycles. The number of pyridine rings is 1. The molecule has 0 saturated heterocycles. The van der Waals surface area contributed by atoms with Gasteiger partial charge in [-0.25, -0.2) is 4.79 Å². The van der Waals surface area contributed by atoms with Crippen molar-refractivity contribution in [3.8, 4) is 0 Å². The maximum absolute atomic E-state index is 12.7. The van der Waals surface area contributed by atoms with Crippen LogP contribution < -0.4 is 16.4 Å². The third-order valence-corrected chi connectivity index (χ3v) is 5.31. The summed E-state index contributed by atoms with van der Waals surface area (Å²) in [7, 11) is 0. The zero-order chi connectivity index (χ0) is 26.0. The van der Waals surface area contributed by atoms with Crippen molar-refractivity contribution in [1.29, 1.82) is 0 Å². The summed E-state index contributed by atoms with van der Waals surface area (Å²) in [6.07, 6.45) is 2.50. The van der Waals surface area contributed by atoms with Gasteiger partial charge in [0, 0.05) is 24.9 Å². The fourth-order valence-electron chi connectivity index (χ4n) is 3.30. The summed E-state index contributed by atoms with van der Waals surface area (Å²) in [6.45, 7) is 4.30. The van der Waals surface area contributed by atoms with E-state index in [0.717, 1.165) is 5.56 Å². The second kappa shape index (κ2) is 13.0. The minimum Gasteiger partial charge on any atom is -0.445 e. The monoisotopic (exact) mass is 498 g/mol. The molecule has 0 aliphatic heterocycles. The van der Waals surface area contributed by atoms with Crippen LogP contribution in [0.3, 0.4) is 0 Å². The molecular formula is C25H34N6O5. The molecule has 0 aliphatic rings. The van der Waals surface area contributed by atoms with E-state index in [9.17, 15) is 9.59 Å². The van der Waals surface area contributed by atoms with Crippen LogP contribution in [0.4, 0.5) is 4.79 Å². The highest BCUT2D eigenvalue weighted by Crippen LogP contribution is 2.17. The van der Waals surface area contributed by atoms with Crippen LogP contribution in [0.2, 0.25) is 0 Å². The number of hydrogen-bond donors (Lipinski definition) is 4. The summed E-state index contributed by atoms with van der Waals surface area (Å²) in [4.78, 5) is 24.6. The minimum atomic E-state index is -1.10. The number of nitrogens with two attached hydrogens (primary N) is 1. The first kappa shape index (κ1) is 27.1. The van der Waals surface area contributed by atoms with Crippen LogP contribution in [0.25, 0.3) is 5.65 Å². The van der Waals surface area contributed by atoms with E-state index >= 15 is 0 Å². The Kier molecular flexibility index (Phi) is 9.74. The minimum absolute atomic E-state index is 0.0384. The lowest BCUT2D eigenvalue weighted by molar-refractivity contribution is -0.126. The number of aliphatic hydroxyl groups excluding tert-OH is 1. The van der Waals surface area contributed by atoms with E-state index in [0.29, 0.717) is 43.0 Å². The molecule has 3 aromatic rings. The van der Waals surface area contributed by atoms with Crippen LogP contribution in [0.15, 0.2) is 48.7 Å². The van der Waals surface area contributed by atoms with Crippen LogP contribution >= 0.6 is 0 Å². The van der Waals surface area contributed by atoms with Gasteiger partial charge in [-0.2, -0.15) is 0 Å². The van der Waals surface area contributed by atoms with E-state index in [1.807, 2.05) is 30.3 Å². The summed E-state index contributed by atoms with van der Waals surface area (Å²) < 4.78 is 12.9. The largest absolute Gasteiger partial charge is 0.445 e. The Labute approximate surface area is 210 Å². The fraction of sp³-hybridized carbons (Fsp3) is 0.440. The molecule has 0 aliphatic carbocycles. The fourth-order valence-corrected chi connectivity index (χ4v) is 3.30. The van der Waals surface area contributed by atoms with Crippen molar-refractivity contribution in [2.45, 2.75) is 51.5 Å². The van der Waals surface area contributed by atoms with Gasteiger partial charge in [0.2, 0.25) is 5.91 Å². The van der Waals surface area contributed by atoms with Crippen molar-refractivity contribution in [3.63, 3.8) is 0 Å². The predicted octanol–water partition coefficient (Wildman–Crippen LogP) is 1.84. The molecule has 0 fully saturated rings. The average Bonchev–Trinajstić information content (AvgIpc) is 3.28. The highest BCUT2D eigenvalue weighted by Gasteiger charge is 2.28. The molecule has 1 aromatic carbocycles. The molecule has 1 atom stereocenters. The van der Waals surface area contributed by atoms with Crippen molar-refractivity contribution < 1.29 is 24.2 Å². The van der Waals surface area contributed by atoms with Crippen molar-refractivity contribution in [3.05, 3.63) is 65.6 Å². The van der Waals surface area contributed by atoms with E-state index in [2.05, 4.69) is 20.8 Å². The molecule has 0 bridgehead atoms. The molecule has 5 N–H and O–H groups in total. The van der Waals surface area contributed by atoms with E-state index in [1.165, 1.54) is 0 Å². The van der Waals surface area contributed by atoms with Crippen molar-refractivity contribution in [1.82, 2.24) is 25.2 Å². The van der Waals surface area contributed by atoms with Gasteiger partial charge in [-0.1, -0.05) is 36.4 Å². The number of amides is 2. The number of benzene rings is 1. The molecule has 11 heteroatoms. The quantitative estimate of drug-likeness (QED) is 0.260. The topological polar surface area (TPSA) is 153 Å². The van der Waals surface area contributed by atoms with Crippen molar-refractivity contribution >= 4 is 17.6 Å². The molecule has 0 spiro atoms. The molecule has 11 nitrogen and oxygen atoms in total. The van der Waals surface area contributed by atoms with Crippen LogP contribution in [-0.4, -0.2) is 57.0 Å². The molecular weight excluding hydrogens is 464 g/mol. The Morgan fingerprint density at radius 2 is 1.86 bits per heavy atom. The normalized spacial score (nSPS) is 12.3.